The van der Waals surface area contributed by atoms with E-state index in [4.69, 9.17) is 42.9 Å². The van der Waals surface area contributed by atoms with Crippen LogP contribution in [-0.4, -0.2) is 178 Å². The van der Waals surface area contributed by atoms with Gasteiger partial charge in [0.05, 0.1) is 61.5 Å². The van der Waals surface area contributed by atoms with Crippen molar-refractivity contribution in [3.63, 3.8) is 0 Å². The minimum atomic E-state index is -1.83. The van der Waals surface area contributed by atoms with E-state index < -0.39 is 95.5 Å². The fourth-order valence-electron chi connectivity index (χ4n) is 10.6. The molecule has 376 valence electrons. The van der Waals surface area contributed by atoms with Crippen LogP contribution in [0.2, 0.25) is 0 Å². The lowest BCUT2D eigenvalue weighted by Crippen LogP contribution is -2.70. The maximum atomic E-state index is 14.6. The van der Waals surface area contributed by atoms with Crippen molar-refractivity contribution in [2.75, 3.05) is 40.9 Å². The van der Waals surface area contributed by atoms with E-state index in [2.05, 4.69) is 20.6 Å². The first-order valence-corrected chi connectivity index (χ1v) is 24.0. The Hall–Kier alpha value is -2.82. The first kappa shape index (κ1) is 52.5. The number of aliphatic hydroxyl groups is 4. The van der Waals surface area contributed by atoms with Gasteiger partial charge in [0, 0.05) is 39.1 Å². The molecule has 0 spiro atoms. The van der Waals surface area contributed by atoms with Crippen molar-refractivity contribution in [2.45, 2.75) is 198 Å². The number of rotatable bonds is 12. The van der Waals surface area contributed by atoms with Crippen LogP contribution in [0.25, 0.3) is 0 Å². The van der Waals surface area contributed by atoms with Crippen LogP contribution in [-0.2, 0) is 38.0 Å². The monoisotopic (exact) mass is 937 g/mol. The molecule has 5 aliphatic rings. The van der Waals surface area contributed by atoms with Gasteiger partial charge in [-0.3, -0.25) is 4.79 Å². The SMILES string of the molecule is CC[C@H]1OC(=O)[C@H](C)[C@@H](O[C@H]2C[C@@](C)(OC)[C@](O)(CNCC3CC3)[C@H](C)O2)[C@H](C)[C@@H](O[C@@H]2O[C@H](C)C[C@H]3[C@H]2O/C(=N\c2cnc(OC)nc2)N3C)[C@](C)(O)C[C@@H](C)CN[C@H](C)[C@@H](O)[C@]1(C)O. The number of amidine groups is 1. The second-order valence-corrected chi connectivity index (χ2v) is 20.7. The summed E-state index contributed by atoms with van der Waals surface area (Å²) in [7, 11) is 4.93. The molecule has 0 aromatic carbocycles. The van der Waals surface area contributed by atoms with Gasteiger partial charge in [0.1, 0.15) is 34.7 Å². The number of cyclic esters (lactones) is 1. The van der Waals surface area contributed by atoms with E-state index in [-0.39, 0.29) is 49.9 Å². The molecule has 1 saturated carbocycles. The molecule has 6 N–H and O–H groups in total. The van der Waals surface area contributed by atoms with Crippen molar-refractivity contribution >= 4 is 17.7 Å². The van der Waals surface area contributed by atoms with Crippen LogP contribution < -0.4 is 15.4 Å². The van der Waals surface area contributed by atoms with E-state index in [1.165, 1.54) is 26.4 Å². The zero-order valence-electron chi connectivity index (χ0n) is 41.4. The molecular formula is C47H80N6O13. The molecule has 66 heavy (non-hydrogen) atoms. The van der Waals surface area contributed by atoms with E-state index >= 15 is 0 Å². The van der Waals surface area contributed by atoms with Crippen molar-refractivity contribution in [3.8, 4) is 6.01 Å². The fraction of sp³-hybridized carbons (Fsp3) is 0.872. The summed E-state index contributed by atoms with van der Waals surface area (Å²) in [4.78, 5) is 29.6. The Morgan fingerprint density at radius 1 is 0.985 bits per heavy atom. The molecule has 5 fully saturated rings. The molecule has 19 nitrogen and oxygen atoms in total. The number of nitrogens with one attached hydrogen (secondary N) is 2. The van der Waals surface area contributed by atoms with Crippen molar-refractivity contribution in [1.29, 1.82) is 0 Å². The number of nitrogens with zero attached hydrogens (tertiary/aromatic N) is 4. The highest BCUT2D eigenvalue weighted by Gasteiger charge is 2.59. The van der Waals surface area contributed by atoms with E-state index in [1.54, 1.807) is 41.7 Å². The van der Waals surface area contributed by atoms with Crippen LogP contribution >= 0.6 is 0 Å². The van der Waals surface area contributed by atoms with Gasteiger partial charge in [-0.1, -0.05) is 20.8 Å². The van der Waals surface area contributed by atoms with Gasteiger partial charge in [0.25, 0.3) is 6.02 Å². The summed E-state index contributed by atoms with van der Waals surface area (Å²) < 4.78 is 51.1. The molecule has 19 heteroatoms. The highest BCUT2D eigenvalue weighted by molar-refractivity contribution is 5.79. The minimum Gasteiger partial charge on any atom is -0.467 e. The highest BCUT2D eigenvalue weighted by atomic mass is 16.7. The van der Waals surface area contributed by atoms with Crippen molar-refractivity contribution in [2.24, 2.45) is 28.7 Å². The Balaban J connectivity index is 1.37. The molecule has 0 bridgehead atoms. The summed E-state index contributed by atoms with van der Waals surface area (Å²) in [5, 5.41) is 55.2. The van der Waals surface area contributed by atoms with Crippen LogP contribution in [0.5, 0.6) is 6.01 Å². The molecule has 1 aromatic rings. The van der Waals surface area contributed by atoms with Crippen molar-refractivity contribution in [1.82, 2.24) is 25.5 Å². The zero-order chi connectivity index (χ0) is 48.5. The normalized spacial score (nSPS) is 44.8. The van der Waals surface area contributed by atoms with Crippen molar-refractivity contribution in [3.05, 3.63) is 12.4 Å². The first-order chi connectivity index (χ1) is 31.0. The lowest BCUT2D eigenvalue weighted by Gasteiger charge is -2.53. The van der Waals surface area contributed by atoms with E-state index in [0.717, 1.165) is 19.4 Å². The number of aliphatic hydroxyl groups excluding tert-OH is 1. The molecule has 0 amide bonds. The summed E-state index contributed by atoms with van der Waals surface area (Å²) in [6.07, 6.45) is -1.81. The van der Waals surface area contributed by atoms with Crippen molar-refractivity contribution < 1.29 is 63.1 Å². The summed E-state index contributed by atoms with van der Waals surface area (Å²) in [5.41, 5.74) is -5.56. The first-order valence-electron chi connectivity index (χ1n) is 24.0. The molecule has 4 saturated heterocycles. The van der Waals surface area contributed by atoms with E-state index in [9.17, 15) is 25.2 Å². The van der Waals surface area contributed by atoms with Gasteiger partial charge in [0.2, 0.25) is 0 Å². The lowest BCUT2D eigenvalue weighted by atomic mass is 9.75. The standard InChI is InChI=1S/C47H80N6O13/c1-14-34-46(10,57)38(54)29(6)49-20-25(2)18-44(8,56)39(66-41-37-33(17-26(3)61-41)53(11)43(65-37)52-32-22-50-42(59-12)51-23-32)27(4)36(28(5)40(55)63-34)64-35-19-45(9,60-13)47(58,30(7)62-35)24-48-21-31-15-16-31/h22-23,25-31,33-39,41,48-49,54,56-58H,14-21,24H2,1-13H3/b52-43-/t25-,26-,27+,28-,29-,30+,33+,34-,35+,36+,37-,38-,39-,41+,44-,45-,46-,47+/m1/s1. The molecule has 1 aromatic heterocycles. The molecule has 6 rings (SSSR count). The number of fused-ring (bicyclic) bond motifs is 1. The predicted octanol–water partition coefficient (Wildman–Crippen LogP) is 2.82. The average Bonchev–Trinajstić information content (AvgIpc) is 4.05. The number of esters is 1. The maximum absolute atomic E-state index is 14.6. The summed E-state index contributed by atoms with van der Waals surface area (Å²) in [6.45, 7) is 19.2. The van der Waals surface area contributed by atoms with Gasteiger partial charge in [-0.15, -0.1) is 0 Å². The predicted molar refractivity (Wildman–Crippen MR) is 243 cm³/mol. The zero-order valence-corrected chi connectivity index (χ0v) is 41.4. The maximum Gasteiger partial charge on any atom is 0.316 e. The third-order valence-corrected chi connectivity index (χ3v) is 15.1. The van der Waals surface area contributed by atoms with Crippen LogP contribution in [0, 0.1) is 23.7 Å². The number of methoxy groups -OCH3 is 2. The number of likely N-dealkylation sites (N-methyl/N-ethyl adjacent to an activating group) is 1. The summed E-state index contributed by atoms with van der Waals surface area (Å²) >= 11 is 0. The number of hydrogen-bond acceptors (Lipinski definition) is 18. The van der Waals surface area contributed by atoms with Gasteiger partial charge >= 0.3 is 12.0 Å². The third-order valence-electron chi connectivity index (χ3n) is 15.1. The Morgan fingerprint density at radius 3 is 2.29 bits per heavy atom. The van der Waals surface area contributed by atoms with Gasteiger partial charge in [-0.2, -0.15) is 4.99 Å². The van der Waals surface area contributed by atoms with Crippen LogP contribution in [0.15, 0.2) is 17.4 Å². The summed E-state index contributed by atoms with van der Waals surface area (Å²) in [5.74, 6) is -2.12. The smallest absolute Gasteiger partial charge is 0.316 e. The Labute approximate surface area is 391 Å². The highest BCUT2D eigenvalue weighted by Crippen LogP contribution is 2.44. The van der Waals surface area contributed by atoms with Crippen LogP contribution in [0.1, 0.15) is 108 Å². The topological polar surface area (TPSA) is 237 Å². The third kappa shape index (κ3) is 11.3. The number of aromatic nitrogens is 2. The average molecular weight is 937 g/mol. The molecule has 4 aliphatic heterocycles. The number of carbonyl (C=O) groups is 1. The van der Waals surface area contributed by atoms with Gasteiger partial charge in [-0.25, -0.2) is 9.97 Å². The van der Waals surface area contributed by atoms with Crippen LogP contribution in [0.4, 0.5) is 5.69 Å². The Morgan fingerprint density at radius 2 is 1.67 bits per heavy atom. The summed E-state index contributed by atoms with van der Waals surface area (Å²) in [6, 6.07) is -0.317. The number of aliphatic imine (C=N–C) groups is 1. The molecule has 0 unspecified atom stereocenters. The Bertz CT molecular complexity index is 1790. The van der Waals surface area contributed by atoms with Crippen LogP contribution in [0.3, 0.4) is 0 Å². The second kappa shape index (κ2) is 21.0. The molecule has 0 radical (unpaired) electrons. The molecule has 5 heterocycles. The minimum absolute atomic E-state index is 0.0932. The van der Waals surface area contributed by atoms with Gasteiger partial charge < -0.3 is 73.9 Å². The van der Waals surface area contributed by atoms with E-state index in [0.29, 0.717) is 30.6 Å². The largest absolute Gasteiger partial charge is 0.467 e. The molecular weight excluding hydrogens is 857 g/mol. The van der Waals surface area contributed by atoms with Gasteiger partial charge in [-0.05, 0) is 105 Å². The number of carbonyl (C=O) groups excluding carboxylic acids is 1. The quantitative estimate of drug-likeness (QED) is 0.165. The lowest BCUT2D eigenvalue weighted by molar-refractivity contribution is -0.335. The second-order valence-electron chi connectivity index (χ2n) is 20.7. The van der Waals surface area contributed by atoms with Gasteiger partial charge in [0.15, 0.2) is 18.7 Å². The molecule has 1 aliphatic carbocycles. The van der Waals surface area contributed by atoms with E-state index in [1.807, 2.05) is 39.6 Å². The fourth-order valence-corrected chi connectivity index (χ4v) is 10.6. The molecule has 18 atom stereocenters. The Kier molecular flexibility index (Phi) is 16.8. The number of ether oxygens (including phenoxy) is 8. The number of hydrogen-bond donors (Lipinski definition) is 6.